The van der Waals surface area contributed by atoms with Crippen LogP contribution in [0.15, 0.2) is 35.7 Å². The second-order valence-electron chi connectivity index (χ2n) is 4.09. The number of thiophene rings is 1. The fraction of sp³-hybridized carbons (Fsp3) is 0.143. The van der Waals surface area contributed by atoms with Gasteiger partial charge < -0.3 is 5.32 Å². The van der Waals surface area contributed by atoms with Crippen LogP contribution in [0.1, 0.15) is 5.56 Å². The highest BCUT2D eigenvalue weighted by Crippen LogP contribution is 2.28. The molecule has 0 radical (unpaired) electrons. The zero-order valence-corrected chi connectivity index (χ0v) is 11.1. The van der Waals surface area contributed by atoms with E-state index >= 15 is 0 Å². The molecule has 0 unspecified atom stereocenters. The maximum absolute atomic E-state index is 4.69. The van der Waals surface area contributed by atoms with Crippen LogP contribution in [0.5, 0.6) is 0 Å². The van der Waals surface area contributed by atoms with E-state index in [1.54, 1.807) is 11.3 Å². The minimum Gasteiger partial charge on any atom is -0.373 e. The third-order valence-corrected chi connectivity index (χ3v) is 3.77. The number of aryl methyl sites for hydroxylation is 1. The minimum absolute atomic E-state index is 0.788. The van der Waals surface area contributed by atoms with Crippen LogP contribution in [-0.2, 0) is 0 Å². The van der Waals surface area contributed by atoms with Crippen molar-refractivity contribution >= 4 is 28.1 Å². The maximum Gasteiger partial charge on any atom is 0.172 e. The van der Waals surface area contributed by atoms with E-state index in [1.165, 1.54) is 5.56 Å². The second-order valence-corrected chi connectivity index (χ2v) is 5.04. The SMILES string of the molecule is CNc1nc(-c2cccs2)nc2c(C)cccc12. The molecule has 0 atom stereocenters. The first kappa shape index (κ1) is 11.2. The normalized spacial score (nSPS) is 10.8. The monoisotopic (exact) mass is 255 g/mol. The van der Waals surface area contributed by atoms with Gasteiger partial charge in [-0.2, -0.15) is 0 Å². The molecule has 3 rings (SSSR count). The van der Waals surface area contributed by atoms with Gasteiger partial charge in [0.2, 0.25) is 0 Å². The van der Waals surface area contributed by atoms with Gasteiger partial charge in [0.1, 0.15) is 5.82 Å². The topological polar surface area (TPSA) is 37.8 Å². The molecule has 3 aromatic rings. The predicted molar refractivity (Wildman–Crippen MR) is 77.1 cm³/mol. The summed E-state index contributed by atoms with van der Waals surface area (Å²) >= 11 is 1.66. The summed E-state index contributed by atoms with van der Waals surface area (Å²) in [6, 6.07) is 10.2. The van der Waals surface area contributed by atoms with Crippen LogP contribution < -0.4 is 5.32 Å². The summed E-state index contributed by atoms with van der Waals surface area (Å²) in [6.07, 6.45) is 0. The number of anilines is 1. The van der Waals surface area contributed by atoms with Gasteiger partial charge in [-0.3, -0.25) is 0 Å². The highest BCUT2D eigenvalue weighted by molar-refractivity contribution is 7.13. The summed E-state index contributed by atoms with van der Waals surface area (Å²) in [6.45, 7) is 2.08. The fourth-order valence-electron chi connectivity index (χ4n) is 2.00. The zero-order valence-electron chi connectivity index (χ0n) is 10.3. The van der Waals surface area contributed by atoms with Crippen molar-refractivity contribution in [2.75, 3.05) is 12.4 Å². The lowest BCUT2D eigenvalue weighted by atomic mass is 10.1. The highest BCUT2D eigenvalue weighted by atomic mass is 32.1. The standard InChI is InChI=1S/C14H13N3S/c1-9-5-3-6-10-12(9)16-14(17-13(10)15-2)11-7-4-8-18-11/h3-8H,1-2H3,(H,15,16,17). The van der Waals surface area contributed by atoms with Crippen LogP contribution in [0, 0.1) is 6.92 Å². The molecular weight excluding hydrogens is 242 g/mol. The van der Waals surface area contributed by atoms with E-state index in [2.05, 4.69) is 28.3 Å². The molecule has 0 aliphatic heterocycles. The first-order chi connectivity index (χ1) is 8.79. The van der Waals surface area contributed by atoms with Crippen LogP contribution in [-0.4, -0.2) is 17.0 Å². The average molecular weight is 255 g/mol. The van der Waals surface area contributed by atoms with E-state index in [-0.39, 0.29) is 0 Å². The molecule has 0 saturated heterocycles. The van der Waals surface area contributed by atoms with Crippen LogP contribution in [0.4, 0.5) is 5.82 Å². The summed E-state index contributed by atoms with van der Waals surface area (Å²) in [5, 5.41) is 6.26. The Morgan fingerprint density at radius 3 is 2.72 bits per heavy atom. The number of rotatable bonds is 2. The molecule has 0 saturated carbocycles. The van der Waals surface area contributed by atoms with Crippen molar-refractivity contribution in [3.8, 4) is 10.7 Å². The van der Waals surface area contributed by atoms with E-state index in [4.69, 9.17) is 0 Å². The number of para-hydroxylation sites is 1. The third kappa shape index (κ3) is 1.75. The fourth-order valence-corrected chi connectivity index (χ4v) is 2.66. The first-order valence-electron chi connectivity index (χ1n) is 5.78. The number of nitrogens with one attached hydrogen (secondary N) is 1. The van der Waals surface area contributed by atoms with Gasteiger partial charge in [0.25, 0.3) is 0 Å². The van der Waals surface area contributed by atoms with Crippen molar-refractivity contribution in [2.24, 2.45) is 0 Å². The van der Waals surface area contributed by atoms with Gasteiger partial charge in [-0.05, 0) is 30.0 Å². The van der Waals surface area contributed by atoms with Gasteiger partial charge in [-0.25, -0.2) is 9.97 Å². The van der Waals surface area contributed by atoms with Gasteiger partial charge >= 0.3 is 0 Å². The Balaban J connectivity index is 2.33. The summed E-state index contributed by atoms with van der Waals surface area (Å²) in [5.41, 5.74) is 2.18. The number of hydrogen-bond donors (Lipinski definition) is 1. The lowest BCUT2D eigenvalue weighted by Crippen LogP contribution is -1.98. The lowest BCUT2D eigenvalue weighted by Gasteiger charge is -2.08. The second kappa shape index (κ2) is 4.38. The zero-order chi connectivity index (χ0) is 12.5. The van der Waals surface area contributed by atoms with Crippen LogP contribution in [0.25, 0.3) is 21.6 Å². The first-order valence-corrected chi connectivity index (χ1v) is 6.66. The number of hydrogen-bond acceptors (Lipinski definition) is 4. The minimum atomic E-state index is 0.788. The Morgan fingerprint density at radius 1 is 1.11 bits per heavy atom. The smallest absolute Gasteiger partial charge is 0.172 e. The molecule has 0 fully saturated rings. The molecule has 2 heterocycles. The van der Waals surface area contributed by atoms with E-state index in [0.29, 0.717) is 0 Å². The molecular formula is C14H13N3S. The van der Waals surface area contributed by atoms with E-state index in [9.17, 15) is 0 Å². The maximum atomic E-state index is 4.69. The largest absolute Gasteiger partial charge is 0.373 e. The van der Waals surface area contributed by atoms with Crippen molar-refractivity contribution in [3.05, 3.63) is 41.3 Å². The molecule has 4 heteroatoms. The van der Waals surface area contributed by atoms with Gasteiger partial charge in [0.15, 0.2) is 5.82 Å². The molecule has 1 aromatic carbocycles. The van der Waals surface area contributed by atoms with E-state index < -0.39 is 0 Å². The van der Waals surface area contributed by atoms with Crippen LogP contribution in [0.3, 0.4) is 0 Å². The molecule has 90 valence electrons. The van der Waals surface area contributed by atoms with Crippen LogP contribution in [0.2, 0.25) is 0 Å². The summed E-state index contributed by atoms with van der Waals surface area (Å²) in [7, 11) is 1.89. The molecule has 0 aliphatic carbocycles. The number of nitrogens with zero attached hydrogens (tertiary/aromatic N) is 2. The Bertz CT molecular complexity index is 690. The van der Waals surface area contributed by atoms with Gasteiger partial charge in [0, 0.05) is 12.4 Å². The Hall–Kier alpha value is -1.94. The summed E-state index contributed by atoms with van der Waals surface area (Å²) in [4.78, 5) is 10.4. The molecule has 0 spiro atoms. The number of benzene rings is 1. The third-order valence-electron chi connectivity index (χ3n) is 2.91. The Morgan fingerprint density at radius 2 is 2.00 bits per heavy atom. The number of fused-ring (bicyclic) bond motifs is 1. The van der Waals surface area contributed by atoms with Crippen molar-refractivity contribution in [3.63, 3.8) is 0 Å². The van der Waals surface area contributed by atoms with Crippen molar-refractivity contribution in [1.29, 1.82) is 0 Å². The van der Waals surface area contributed by atoms with E-state index in [0.717, 1.165) is 27.4 Å². The molecule has 0 amide bonds. The lowest BCUT2D eigenvalue weighted by molar-refractivity contribution is 1.21. The predicted octanol–water partition coefficient (Wildman–Crippen LogP) is 3.71. The molecule has 0 bridgehead atoms. The van der Waals surface area contributed by atoms with Gasteiger partial charge in [-0.1, -0.05) is 18.2 Å². The summed E-state index contributed by atoms with van der Waals surface area (Å²) < 4.78 is 0. The van der Waals surface area contributed by atoms with Crippen LogP contribution >= 0.6 is 11.3 Å². The van der Waals surface area contributed by atoms with Crippen molar-refractivity contribution in [2.45, 2.75) is 6.92 Å². The van der Waals surface area contributed by atoms with Crippen molar-refractivity contribution in [1.82, 2.24) is 9.97 Å². The van der Waals surface area contributed by atoms with Crippen molar-refractivity contribution < 1.29 is 0 Å². The molecule has 3 nitrogen and oxygen atoms in total. The molecule has 2 aromatic heterocycles. The molecule has 1 N–H and O–H groups in total. The van der Waals surface area contributed by atoms with Gasteiger partial charge in [-0.15, -0.1) is 11.3 Å². The highest BCUT2D eigenvalue weighted by Gasteiger charge is 2.10. The quantitative estimate of drug-likeness (QED) is 0.758. The average Bonchev–Trinajstić information content (AvgIpc) is 2.92. The Kier molecular flexibility index (Phi) is 2.72. The molecule has 18 heavy (non-hydrogen) atoms. The summed E-state index contributed by atoms with van der Waals surface area (Å²) in [5.74, 6) is 1.67. The number of aromatic nitrogens is 2. The van der Waals surface area contributed by atoms with E-state index in [1.807, 2.05) is 36.7 Å². The van der Waals surface area contributed by atoms with Gasteiger partial charge in [0.05, 0.1) is 10.4 Å². The Labute approximate surface area is 110 Å². The molecule has 0 aliphatic rings.